The van der Waals surface area contributed by atoms with E-state index in [2.05, 4.69) is 26.4 Å². The van der Waals surface area contributed by atoms with E-state index in [1.165, 1.54) is 0 Å². The number of imidazole rings is 1. The van der Waals surface area contributed by atoms with Gasteiger partial charge in [0, 0.05) is 32.1 Å². The number of amidine groups is 1. The summed E-state index contributed by atoms with van der Waals surface area (Å²) in [5.74, 6) is 6.63. The van der Waals surface area contributed by atoms with Gasteiger partial charge in [-0.05, 0) is 23.1 Å². The first kappa shape index (κ1) is 31.3. The second-order valence-electron chi connectivity index (χ2n) is 8.99. The molecule has 0 fully saturated rings. The quantitative estimate of drug-likeness (QED) is 0.0500. The van der Waals surface area contributed by atoms with Gasteiger partial charge in [0.2, 0.25) is 0 Å². The third-order valence-electron chi connectivity index (χ3n) is 6.06. The standard InChI is InChI=1S/C27H34ClN7O6/c1-3-4-10-24-31-25(28)23(18-39-2)33(24)17-19-11-13-20(14-12-19)21-8-5-6-9-22(21)26(29)32-34(30)27(36)40-15-7-16-41-35(37)38/h5-6,8-9,11-14H,3-4,7,10,15-18,30H2,1-2H3,(H2,29,32). The maximum Gasteiger partial charge on any atom is 0.445 e. The van der Waals surface area contributed by atoms with Gasteiger partial charge in [0.15, 0.2) is 11.0 Å². The summed E-state index contributed by atoms with van der Waals surface area (Å²) in [6, 6.07) is 15.3. The van der Waals surface area contributed by atoms with Crippen molar-refractivity contribution in [2.75, 3.05) is 20.3 Å². The highest BCUT2D eigenvalue weighted by Gasteiger charge is 2.17. The molecular weight excluding hydrogens is 554 g/mol. The fourth-order valence-corrected chi connectivity index (χ4v) is 4.31. The SMILES string of the molecule is CCCCc1nc(Cl)c(COC)n1Cc1ccc(-c2ccccc2/C(N)=N/N(N)C(=O)OCCCO[N+](=O)[O-])cc1. The second-order valence-corrected chi connectivity index (χ2v) is 9.34. The van der Waals surface area contributed by atoms with Crippen LogP contribution >= 0.6 is 11.6 Å². The number of halogens is 1. The van der Waals surface area contributed by atoms with Gasteiger partial charge in [-0.25, -0.2) is 15.6 Å². The molecule has 1 aromatic heterocycles. The van der Waals surface area contributed by atoms with Gasteiger partial charge in [0.05, 0.1) is 25.5 Å². The topological polar surface area (TPSA) is 173 Å². The summed E-state index contributed by atoms with van der Waals surface area (Å²) in [6.45, 7) is 2.73. The van der Waals surface area contributed by atoms with Gasteiger partial charge in [-0.2, -0.15) is 0 Å². The van der Waals surface area contributed by atoms with Gasteiger partial charge < -0.3 is 24.6 Å². The largest absolute Gasteiger partial charge is 0.447 e. The molecule has 4 N–H and O–H groups in total. The zero-order valence-corrected chi connectivity index (χ0v) is 23.7. The number of hydrazone groups is 1. The maximum absolute atomic E-state index is 12.1. The number of methoxy groups -OCH3 is 1. The van der Waals surface area contributed by atoms with Crippen LogP contribution in [0.15, 0.2) is 53.6 Å². The fraction of sp³-hybridized carbons (Fsp3) is 0.370. The molecule has 3 rings (SSSR count). The molecule has 0 aliphatic heterocycles. The Hall–Kier alpha value is -4.20. The Morgan fingerprint density at radius 2 is 1.90 bits per heavy atom. The first-order chi connectivity index (χ1) is 19.7. The number of hydrazine groups is 1. The molecule has 1 amide bonds. The molecule has 1 heterocycles. The molecule has 0 spiro atoms. The highest BCUT2D eigenvalue weighted by atomic mass is 35.5. The van der Waals surface area contributed by atoms with Crippen LogP contribution in [0.3, 0.4) is 0 Å². The zero-order valence-electron chi connectivity index (χ0n) is 23.0. The third kappa shape index (κ3) is 8.90. The summed E-state index contributed by atoms with van der Waals surface area (Å²) < 4.78 is 12.4. The molecule has 0 unspecified atom stereocenters. The molecule has 0 aliphatic carbocycles. The van der Waals surface area contributed by atoms with Crippen LogP contribution in [0.5, 0.6) is 0 Å². The monoisotopic (exact) mass is 587 g/mol. The predicted molar refractivity (Wildman–Crippen MR) is 153 cm³/mol. The van der Waals surface area contributed by atoms with Crippen molar-refractivity contribution in [2.45, 2.75) is 45.8 Å². The minimum atomic E-state index is -0.971. The van der Waals surface area contributed by atoms with E-state index in [0.29, 0.717) is 29.0 Å². The van der Waals surface area contributed by atoms with Crippen LogP contribution in [0.25, 0.3) is 11.1 Å². The number of carbonyl (C=O) groups is 1. The van der Waals surface area contributed by atoms with Crippen molar-refractivity contribution >= 4 is 23.5 Å². The van der Waals surface area contributed by atoms with E-state index in [1.807, 2.05) is 36.4 Å². The molecule has 0 bridgehead atoms. The molecule has 220 valence electrons. The zero-order chi connectivity index (χ0) is 29.8. The first-order valence-electron chi connectivity index (χ1n) is 13.0. The Balaban J connectivity index is 1.75. The highest BCUT2D eigenvalue weighted by molar-refractivity contribution is 6.30. The van der Waals surface area contributed by atoms with Crippen molar-refractivity contribution in [3.63, 3.8) is 0 Å². The number of amides is 1. The normalized spacial score (nSPS) is 11.4. The summed E-state index contributed by atoms with van der Waals surface area (Å²) in [7, 11) is 1.63. The average Bonchev–Trinajstić information content (AvgIpc) is 3.25. The average molecular weight is 588 g/mol. The molecule has 0 saturated carbocycles. The van der Waals surface area contributed by atoms with Gasteiger partial charge in [-0.3, -0.25) is 0 Å². The lowest BCUT2D eigenvalue weighted by molar-refractivity contribution is -0.757. The lowest BCUT2D eigenvalue weighted by Gasteiger charge is -2.15. The van der Waals surface area contributed by atoms with Crippen molar-refractivity contribution in [1.82, 2.24) is 14.7 Å². The smallest absolute Gasteiger partial charge is 0.445 e. The summed E-state index contributed by atoms with van der Waals surface area (Å²) in [5, 5.41) is 14.1. The Bertz CT molecular complexity index is 1350. The van der Waals surface area contributed by atoms with Crippen molar-refractivity contribution in [1.29, 1.82) is 0 Å². The number of carbonyl (C=O) groups excluding carboxylic acids is 1. The van der Waals surface area contributed by atoms with Crippen LogP contribution in [0.2, 0.25) is 5.15 Å². The van der Waals surface area contributed by atoms with Crippen LogP contribution in [0, 0.1) is 10.1 Å². The number of rotatable bonds is 15. The van der Waals surface area contributed by atoms with Crippen LogP contribution in [0.4, 0.5) is 4.79 Å². The molecule has 0 aliphatic rings. The molecule has 14 heteroatoms. The Morgan fingerprint density at radius 1 is 1.17 bits per heavy atom. The summed E-state index contributed by atoms with van der Waals surface area (Å²) in [5.41, 5.74) is 10.3. The second kappa shape index (κ2) is 15.6. The molecule has 0 atom stereocenters. The van der Waals surface area contributed by atoms with E-state index in [9.17, 15) is 14.9 Å². The minimum Gasteiger partial charge on any atom is -0.447 e. The first-order valence-corrected chi connectivity index (χ1v) is 13.4. The molecule has 2 aromatic carbocycles. The fourth-order valence-electron chi connectivity index (χ4n) is 4.06. The number of aryl methyl sites for hydroxylation is 1. The van der Waals surface area contributed by atoms with Gasteiger partial charge in [-0.1, -0.05) is 73.5 Å². The van der Waals surface area contributed by atoms with E-state index in [1.54, 1.807) is 19.2 Å². The number of unbranched alkanes of at least 4 members (excludes halogenated alkanes) is 1. The number of nitrogens with zero attached hydrogens (tertiary/aromatic N) is 5. The number of nitrogens with two attached hydrogens (primary N) is 2. The number of aromatic nitrogens is 2. The molecule has 0 saturated heterocycles. The third-order valence-corrected chi connectivity index (χ3v) is 6.36. The molecule has 41 heavy (non-hydrogen) atoms. The van der Waals surface area contributed by atoms with Crippen molar-refractivity contribution in [3.8, 4) is 11.1 Å². The van der Waals surface area contributed by atoms with Crippen molar-refractivity contribution in [2.24, 2.45) is 16.7 Å². The Labute approximate surface area is 242 Å². The van der Waals surface area contributed by atoms with Crippen LogP contribution in [0.1, 0.15) is 48.8 Å². The van der Waals surface area contributed by atoms with Crippen molar-refractivity contribution in [3.05, 3.63) is 86.4 Å². The minimum absolute atomic E-state index is 0.00126. The van der Waals surface area contributed by atoms with Gasteiger partial charge in [0.1, 0.15) is 5.82 Å². The van der Waals surface area contributed by atoms with E-state index in [4.69, 9.17) is 32.7 Å². The molecular formula is C27H34ClN7O6. The van der Waals surface area contributed by atoms with Crippen LogP contribution in [-0.2, 0) is 33.9 Å². The highest BCUT2D eigenvalue weighted by Crippen LogP contribution is 2.26. The Morgan fingerprint density at radius 3 is 2.59 bits per heavy atom. The summed E-state index contributed by atoms with van der Waals surface area (Å²) in [4.78, 5) is 31.0. The Kier molecular flexibility index (Phi) is 11.9. The van der Waals surface area contributed by atoms with E-state index < -0.39 is 11.2 Å². The number of hydrogen-bond donors (Lipinski definition) is 2. The predicted octanol–water partition coefficient (Wildman–Crippen LogP) is 4.27. The molecule has 0 radical (unpaired) electrons. The number of ether oxygens (including phenoxy) is 2. The maximum atomic E-state index is 12.1. The van der Waals surface area contributed by atoms with Crippen LogP contribution in [-0.4, -0.2) is 52.0 Å². The van der Waals surface area contributed by atoms with Gasteiger partial charge >= 0.3 is 6.09 Å². The number of hydrogen-bond acceptors (Lipinski definition) is 9. The van der Waals surface area contributed by atoms with E-state index >= 15 is 0 Å². The van der Waals surface area contributed by atoms with Gasteiger partial charge in [-0.15, -0.1) is 20.3 Å². The molecule has 13 nitrogen and oxygen atoms in total. The van der Waals surface area contributed by atoms with E-state index in [0.717, 1.165) is 47.5 Å². The number of benzene rings is 2. The van der Waals surface area contributed by atoms with Crippen molar-refractivity contribution < 1.29 is 24.2 Å². The lowest BCUT2D eigenvalue weighted by Crippen LogP contribution is -2.36. The van der Waals surface area contributed by atoms with Gasteiger partial charge in [0.25, 0.3) is 5.09 Å². The van der Waals surface area contributed by atoms with Crippen LogP contribution < -0.4 is 11.6 Å². The lowest BCUT2D eigenvalue weighted by atomic mass is 9.98. The van der Waals surface area contributed by atoms with E-state index in [-0.39, 0.29) is 25.5 Å². The summed E-state index contributed by atoms with van der Waals surface area (Å²) >= 11 is 6.43. The summed E-state index contributed by atoms with van der Waals surface area (Å²) in [6.07, 6.45) is 2.03. The molecule has 3 aromatic rings.